The second-order valence-electron chi connectivity index (χ2n) is 6.19. The van der Waals surface area contributed by atoms with Crippen molar-refractivity contribution in [1.82, 2.24) is 15.0 Å². The first-order valence-corrected chi connectivity index (χ1v) is 8.54. The molecule has 0 unspecified atom stereocenters. The predicted octanol–water partition coefficient (Wildman–Crippen LogP) is 3.80. The van der Waals surface area contributed by atoms with Gasteiger partial charge in [-0.05, 0) is 48.2 Å². The van der Waals surface area contributed by atoms with Crippen LogP contribution in [0.4, 0.5) is 10.2 Å². The summed E-state index contributed by atoms with van der Waals surface area (Å²) in [6.45, 7) is 3.64. The highest BCUT2D eigenvalue weighted by Gasteiger charge is 2.19. The highest BCUT2D eigenvalue weighted by atomic mass is 19.1. The average molecular weight is 334 g/mol. The van der Waals surface area contributed by atoms with Gasteiger partial charge in [0, 0.05) is 31.0 Å². The lowest BCUT2D eigenvalue weighted by Crippen LogP contribution is -2.31. The molecule has 3 aromatic rings. The Morgan fingerprint density at radius 2 is 2.00 bits per heavy atom. The Kier molecular flexibility index (Phi) is 4.14. The van der Waals surface area contributed by atoms with Crippen molar-refractivity contribution in [2.45, 2.75) is 26.3 Å². The molecule has 25 heavy (non-hydrogen) atoms. The first kappa shape index (κ1) is 15.7. The van der Waals surface area contributed by atoms with Gasteiger partial charge in [0.05, 0.1) is 0 Å². The molecule has 1 aliphatic heterocycles. The van der Waals surface area contributed by atoms with Crippen molar-refractivity contribution >= 4 is 5.82 Å². The Bertz CT molecular complexity index is 895. The maximum atomic E-state index is 13.4. The Morgan fingerprint density at radius 1 is 1.08 bits per heavy atom. The third kappa shape index (κ3) is 3.22. The van der Waals surface area contributed by atoms with E-state index >= 15 is 0 Å². The van der Waals surface area contributed by atoms with Gasteiger partial charge in [0.15, 0.2) is 5.82 Å². The van der Waals surface area contributed by atoms with Gasteiger partial charge in [0.1, 0.15) is 17.3 Å². The van der Waals surface area contributed by atoms with Crippen molar-refractivity contribution in [2.24, 2.45) is 0 Å². The third-order valence-corrected chi connectivity index (χ3v) is 4.53. The number of halogens is 1. The third-order valence-electron chi connectivity index (χ3n) is 4.53. The van der Waals surface area contributed by atoms with Crippen molar-refractivity contribution in [3.63, 3.8) is 0 Å². The Labute approximate surface area is 146 Å². The molecule has 0 fully saturated rings. The molecular weight excluding hydrogens is 315 g/mol. The minimum Gasteiger partial charge on any atom is -0.352 e. The zero-order valence-electron chi connectivity index (χ0n) is 14.1. The molecular formula is C20H19FN4. The van der Waals surface area contributed by atoms with E-state index in [1.165, 1.54) is 6.07 Å². The van der Waals surface area contributed by atoms with Crippen LogP contribution < -0.4 is 4.90 Å². The number of aromatic nitrogens is 3. The summed E-state index contributed by atoms with van der Waals surface area (Å²) in [6, 6.07) is 12.8. The fourth-order valence-corrected chi connectivity index (χ4v) is 3.15. The fourth-order valence-electron chi connectivity index (χ4n) is 3.15. The molecule has 2 aromatic heterocycles. The fraction of sp³-hybridized carbons (Fsp3) is 0.250. The molecule has 1 aliphatic rings. The van der Waals surface area contributed by atoms with Crippen LogP contribution in [0.5, 0.6) is 0 Å². The number of benzene rings is 1. The highest BCUT2D eigenvalue weighted by molar-refractivity contribution is 5.54. The molecule has 0 saturated heterocycles. The second-order valence-corrected chi connectivity index (χ2v) is 6.19. The van der Waals surface area contributed by atoms with Gasteiger partial charge in [-0.25, -0.2) is 14.4 Å². The number of aryl methyl sites for hydroxylation is 1. The van der Waals surface area contributed by atoms with Crippen molar-refractivity contribution in [3.05, 3.63) is 71.3 Å². The van der Waals surface area contributed by atoms with Gasteiger partial charge < -0.3 is 4.90 Å². The molecule has 0 saturated carbocycles. The van der Waals surface area contributed by atoms with Crippen molar-refractivity contribution in [1.29, 1.82) is 0 Å². The average Bonchev–Trinajstić information content (AvgIpc) is 2.68. The van der Waals surface area contributed by atoms with E-state index in [1.54, 1.807) is 12.3 Å². The van der Waals surface area contributed by atoms with Crippen LogP contribution in [-0.2, 0) is 19.4 Å². The van der Waals surface area contributed by atoms with Gasteiger partial charge in [-0.3, -0.25) is 4.98 Å². The summed E-state index contributed by atoms with van der Waals surface area (Å²) in [5.74, 6) is 1.39. The van der Waals surface area contributed by atoms with Crippen LogP contribution in [0.1, 0.15) is 23.7 Å². The first-order chi connectivity index (χ1) is 12.2. The maximum absolute atomic E-state index is 13.4. The smallest absolute Gasteiger partial charge is 0.180 e. The van der Waals surface area contributed by atoms with Crippen molar-refractivity contribution in [3.8, 4) is 11.5 Å². The number of pyridine rings is 1. The van der Waals surface area contributed by atoms with Crippen molar-refractivity contribution in [2.75, 3.05) is 11.4 Å². The van der Waals surface area contributed by atoms with E-state index in [-0.39, 0.29) is 5.82 Å². The van der Waals surface area contributed by atoms with E-state index in [4.69, 9.17) is 4.98 Å². The normalized spacial score (nSPS) is 13.6. The number of fused-ring (bicyclic) bond motifs is 1. The predicted molar refractivity (Wildman–Crippen MR) is 95.8 cm³/mol. The first-order valence-electron chi connectivity index (χ1n) is 8.54. The summed E-state index contributed by atoms with van der Waals surface area (Å²) in [5.41, 5.74) is 4.02. The zero-order chi connectivity index (χ0) is 17.2. The Balaban J connectivity index is 1.70. The monoisotopic (exact) mass is 334 g/mol. The molecule has 1 aromatic carbocycles. The Morgan fingerprint density at radius 3 is 2.80 bits per heavy atom. The Hall–Kier alpha value is -2.82. The maximum Gasteiger partial charge on any atom is 0.180 e. The van der Waals surface area contributed by atoms with Crippen LogP contribution >= 0.6 is 0 Å². The number of hydrogen-bond acceptors (Lipinski definition) is 4. The van der Waals surface area contributed by atoms with Gasteiger partial charge in [0.25, 0.3) is 0 Å². The van der Waals surface area contributed by atoms with E-state index in [1.807, 2.05) is 30.3 Å². The van der Waals surface area contributed by atoms with Gasteiger partial charge in [-0.2, -0.15) is 0 Å². The molecule has 0 radical (unpaired) electrons. The molecule has 4 rings (SSSR count). The minimum absolute atomic E-state index is 0.167. The number of rotatable bonds is 3. The number of nitrogens with zero attached hydrogens (tertiary/aromatic N) is 4. The van der Waals surface area contributed by atoms with Crippen molar-refractivity contribution < 1.29 is 4.39 Å². The summed E-state index contributed by atoms with van der Waals surface area (Å²) in [6.07, 6.45) is 3.41. The summed E-state index contributed by atoms with van der Waals surface area (Å²) < 4.78 is 13.4. The minimum atomic E-state index is -0.167. The van der Waals surface area contributed by atoms with Crippen LogP contribution in [0.15, 0.2) is 48.7 Å². The summed E-state index contributed by atoms with van der Waals surface area (Å²) >= 11 is 0. The largest absolute Gasteiger partial charge is 0.352 e. The summed E-state index contributed by atoms with van der Waals surface area (Å²) in [7, 11) is 0. The SMILES string of the molecule is CCc1cc(N2CCc3cc(F)ccc3C2)nc(-c2ccccn2)n1. The second kappa shape index (κ2) is 6.59. The van der Waals surface area contributed by atoms with E-state index in [2.05, 4.69) is 21.8 Å². The van der Waals surface area contributed by atoms with E-state index in [9.17, 15) is 4.39 Å². The standard InChI is InChI=1S/C20H19FN4/c1-2-17-12-19(24-20(23-17)18-5-3-4-9-22-18)25-10-8-14-11-16(21)7-6-15(14)13-25/h3-7,9,11-12H,2,8,10,13H2,1H3. The lowest BCUT2D eigenvalue weighted by atomic mass is 9.99. The topological polar surface area (TPSA) is 41.9 Å². The summed E-state index contributed by atoms with van der Waals surface area (Å²) in [5, 5.41) is 0. The van der Waals surface area contributed by atoms with Gasteiger partial charge in [-0.15, -0.1) is 0 Å². The molecule has 0 amide bonds. The van der Waals surface area contributed by atoms with Gasteiger partial charge in [-0.1, -0.05) is 19.1 Å². The quantitative estimate of drug-likeness (QED) is 0.730. The highest BCUT2D eigenvalue weighted by Crippen LogP contribution is 2.26. The zero-order valence-corrected chi connectivity index (χ0v) is 14.1. The molecule has 0 spiro atoms. The lowest BCUT2D eigenvalue weighted by molar-refractivity contribution is 0.618. The number of hydrogen-bond donors (Lipinski definition) is 0. The van der Waals surface area contributed by atoms with Crippen LogP contribution in [-0.4, -0.2) is 21.5 Å². The lowest BCUT2D eigenvalue weighted by Gasteiger charge is -2.30. The van der Waals surface area contributed by atoms with Crippen LogP contribution in [0.2, 0.25) is 0 Å². The molecule has 5 heteroatoms. The van der Waals surface area contributed by atoms with E-state index in [0.717, 1.165) is 54.3 Å². The van der Waals surface area contributed by atoms with Crippen LogP contribution in [0.25, 0.3) is 11.5 Å². The van der Waals surface area contributed by atoms with Gasteiger partial charge >= 0.3 is 0 Å². The van der Waals surface area contributed by atoms with Gasteiger partial charge in [0.2, 0.25) is 0 Å². The molecule has 0 N–H and O–H groups in total. The van der Waals surface area contributed by atoms with E-state index < -0.39 is 0 Å². The molecule has 4 nitrogen and oxygen atoms in total. The molecule has 0 bridgehead atoms. The molecule has 126 valence electrons. The molecule has 0 atom stereocenters. The van der Waals surface area contributed by atoms with E-state index in [0.29, 0.717) is 5.82 Å². The van der Waals surface area contributed by atoms with Crippen LogP contribution in [0, 0.1) is 5.82 Å². The molecule has 0 aliphatic carbocycles. The number of anilines is 1. The van der Waals surface area contributed by atoms with Crippen LogP contribution in [0.3, 0.4) is 0 Å². The molecule has 3 heterocycles. The summed E-state index contributed by atoms with van der Waals surface area (Å²) in [4.78, 5) is 16.0.